The van der Waals surface area contributed by atoms with Crippen LogP contribution in [0.2, 0.25) is 0 Å². The molecule has 6 nitrogen and oxygen atoms in total. The number of hydrogen-bond donors (Lipinski definition) is 1. The van der Waals surface area contributed by atoms with Crippen LogP contribution in [0.1, 0.15) is 24.1 Å². The third-order valence-electron chi connectivity index (χ3n) is 4.54. The van der Waals surface area contributed by atoms with Crippen LogP contribution in [0, 0.1) is 17.1 Å². The molecule has 1 fully saturated rings. The van der Waals surface area contributed by atoms with Crippen molar-refractivity contribution in [3.63, 3.8) is 0 Å². The van der Waals surface area contributed by atoms with Crippen molar-refractivity contribution in [1.82, 2.24) is 14.8 Å². The molecule has 26 heavy (non-hydrogen) atoms. The Hall–Kier alpha value is -3.53. The molecule has 0 bridgehead atoms. The summed E-state index contributed by atoms with van der Waals surface area (Å²) in [6, 6.07) is 13.4. The zero-order valence-electron chi connectivity index (χ0n) is 13.7. The van der Waals surface area contributed by atoms with E-state index in [0.29, 0.717) is 29.9 Å². The number of anilines is 1. The average molecular weight is 347 g/mol. The molecule has 1 aromatic carbocycles. The summed E-state index contributed by atoms with van der Waals surface area (Å²) in [6.07, 6.45) is 4.36. The number of nitrogens with zero attached hydrogens (tertiary/aromatic N) is 4. The molecule has 0 atom stereocenters. The van der Waals surface area contributed by atoms with Gasteiger partial charge in [-0.05, 0) is 31.0 Å². The van der Waals surface area contributed by atoms with Crippen LogP contribution >= 0.6 is 0 Å². The van der Waals surface area contributed by atoms with Crippen molar-refractivity contribution >= 4 is 11.7 Å². The van der Waals surface area contributed by atoms with Crippen LogP contribution in [-0.2, 0) is 10.2 Å². The van der Waals surface area contributed by atoms with E-state index in [4.69, 9.17) is 5.26 Å². The van der Waals surface area contributed by atoms with Gasteiger partial charge in [-0.2, -0.15) is 5.26 Å². The van der Waals surface area contributed by atoms with Crippen molar-refractivity contribution in [1.29, 1.82) is 5.26 Å². The normalized spacial score (nSPS) is 14.5. The van der Waals surface area contributed by atoms with Crippen molar-refractivity contribution in [2.75, 3.05) is 5.32 Å². The molecule has 1 saturated carbocycles. The molecule has 2 aromatic heterocycles. The van der Waals surface area contributed by atoms with Crippen LogP contribution in [0.4, 0.5) is 10.2 Å². The molecule has 3 aromatic rings. The number of hydrogen-bond acceptors (Lipinski definition) is 4. The predicted octanol–water partition coefficient (Wildman–Crippen LogP) is 2.95. The number of carbonyl (C=O) groups excluding carboxylic acids is 1. The zero-order valence-corrected chi connectivity index (χ0v) is 13.7. The van der Waals surface area contributed by atoms with E-state index in [0.717, 1.165) is 0 Å². The standard InChI is InChI=1S/C19H14FN5O/c20-14-5-2-1-4-13(14)19(8-9-19)18(26)23-17-7-11-25(24-17)16-6-3-10-22-15(16)12-21/h1-7,10-11H,8-9H2,(H,23,24,26). The Balaban J connectivity index is 1.58. The highest BCUT2D eigenvalue weighted by atomic mass is 19.1. The fraction of sp³-hybridized carbons (Fsp3) is 0.158. The average Bonchev–Trinajstić information content (AvgIpc) is 3.35. The lowest BCUT2D eigenvalue weighted by molar-refractivity contribution is -0.118. The summed E-state index contributed by atoms with van der Waals surface area (Å²) in [4.78, 5) is 16.7. The largest absolute Gasteiger partial charge is 0.308 e. The molecule has 0 radical (unpaired) electrons. The maximum atomic E-state index is 14.1. The van der Waals surface area contributed by atoms with E-state index in [1.807, 2.05) is 6.07 Å². The first-order valence-corrected chi connectivity index (χ1v) is 8.12. The van der Waals surface area contributed by atoms with Crippen LogP contribution in [-0.4, -0.2) is 20.7 Å². The van der Waals surface area contributed by atoms with Gasteiger partial charge in [0.05, 0.1) is 5.41 Å². The molecule has 7 heteroatoms. The first-order chi connectivity index (χ1) is 12.6. The fourth-order valence-corrected chi connectivity index (χ4v) is 3.02. The van der Waals surface area contributed by atoms with E-state index in [1.165, 1.54) is 16.9 Å². The number of halogens is 1. The summed E-state index contributed by atoms with van der Waals surface area (Å²) in [5.41, 5.74) is 0.335. The number of carbonyl (C=O) groups is 1. The van der Waals surface area contributed by atoms with E-state index < -0.39 is 5.41 Å². The van der Waals surface area contributed by atoms with E-state index in [1.54, 1.807) is 42.6 Å². The molecule has 1 aliphatic rings. The highest BCUT2D eigenvalue weighted by molar-refractivity contribution is 6.00. The van der Waals surface area contributed by atoms with Gasteiger partial charge in [0.2, 0.25) is 5.91 Å². The van der Waals surface area contributed by atoms with Gasteiger partial charge in [-0.1, -0.05) is 18.2 Å². The second-order valence-corrected chi connectivity index (χ2v) is 6.14. The molecule has 4 rings (SSSR count). The second kappa shape index (κ2) is 6.08. The summed E-state index contributed by atoms with van der Waals surface area (Å²) < 4.78 is 15.6. The Labute approximate surface area is 148 Å². The third kappa shape index (κ3) is 2.62. The molecule has 0 saturated heterocycles. The van der Waals surface area contributed by atoms with Gasteiger partial charge in [0, 0.05) is 24.0 Å². The van der Waals surface area contributed by atoms with Gasteiger partial charge < -0.3 is 5.32 Å². The molecular formula is C19H14FN5O. The lowest BCUT2D eigenvalue weighted by Gasteiger charge is -2.15. The lowest BCUT2D eigenvalue weighted by atomic mass is 9.94. The molecule has 0 unspecified atom stereocenters. The van der Waals surface area contributed by atoms with Gasteiger partial charge in [-0.15, -0.1) is 5.10 Å². The van der Waals surface area contributed by atoms with Crippen molar-refractivity contribution in [2.24, 2.45) is 0 Å². The topological polar surface area (TPSA) is 83.6 Å². The second-order valence-electron chi connectivity index (χ2n) is 6.14. The highest BCUT2D eigenvalue weighted by Gasteiger charge is 2.52. The molecular weight excluding hydrogens is 333 g/mol. The van der Waals surface area contributed by atoms with Crippen LogP contribution < -0.4 is 5.32 Å². The zero-order chi connectivity index (χ0) is 18.1. The van der Waals surface area contributed by atoms with Crippen LogP contribution in [0.3, 0.4) is 0 Å². The quantitative estimate of drug-likeness (QED) is 0.786. The van der Waals surface area contributed by atoms with Crippen molar-refractivity contribution < 1.29 is 9.18 Å². The van der Waals surface area contributed by atoms with Gasteiger partial charge >= 0.3 is 0 Å². The van der Waals surface area contributed by atoms with Gasteiger partial charge in [0.1, 0.15) is 17.6 Å². The maximum absolute atomic E-state index is 14.1. The van der Waals surface area contributed by atoms with Crippen LogP contribution in [0.25, 0.3) is 5.69 Å². The van der Waals surface area contributed by atoms with Crippen molar-refractivity contribution in [2.45, 2.75) is 18.3 Å². The lowest BCUT2D eigenvalue weighted by Crippen LogP contribution is -2.29. The first-order valence-electron chi connectivity index (χ1n) is 8.12. The smallest absolute Gasteiger partial charge is 0.236 e. The summed E-state index contributed by atoms with van der Waals surface area (Å²) in [5, 5.41) is 16.2. The van der Waals surface area contributed by atoms with E-state index in [-0.39, 0.29) is 17.4 Å². The number of rotatable bonds is 4. The van der Waals surface area contributed by atoms with Gasteiger partial charge in [0.25, 0.3) is 0 Å². The van der Waals surface area contributed by atoms with Crippen LogP contribution in [0.5, 0.6) is 0 Å². The van der Waals surface area contributed by atoms with E-state index in [9.17, 15) is 9.18 Å². The summed E-state index contributed by atoms with van der Waals surface area (Å²) in [5.74, 6) is -0.315. The Bertz CT molecular complexity index is 1030. The molecule has 128 valence electrons. The number of pyridine rings is 1. The monoisotopic (exact) mass is 347 g/mol. The molecule has 1 amide bonds. The Morgan fingerprint density at radius 2 is 2.04 bits per heavy atom. The Morgan fingerprint density at radius 1 is 1.23 bits per heavy atom. The van der Waals surface area contributed by atoms with Gasteiger partial charge in [0.15, 0.2) is 11.5 Å². The minimum atomic E-state index is -0.832. The number of benzene rings is 1. The van der Waals surface area contributed by atoms with Crippen molar-refractivity contribution in [3.8, 4) is 11.8 Å². The molecule has 2 heterocycles. The van der Waals surface area contributed by atoms with E-state index in [2.05, 4.69) is 15.4 Å². The Morgan fingerprint density at radius 3 is 2.77 bits per heavy atom. The van der Waals surface area contributed by atoms with E-state index >= 15 is 0 Å². The first kappa shape index (κ1) is 16.0. The van der Waals surface area contributed by atoms with Gasteiger partial charge in [-0.25, -0.2) is 14.1 Å². The third-order valence-corrected chi connectivity index (χ3v) is 4.54. The summed E-state index contributed by atoms with van der Waals surface area (Å²) in [7, 11) is 0. The Kier molecular flexibility index (Phi) is 3.73. The number of aromatic nitrogens is 3. The predicted molar refractivity (Wildman–Crippen MR) is 92.0 cm³/mol. The van der Waals surface area contributed by atoms with Gasteiger partial charge in [-0.3, -0.25) is 4.79 Å². The van der Waals surface area contributed by atoms with Crippen molar-refractivity contribution in [3.05, 3.63) is 71.9 Å². The number of nitriles is 1. The summed E-state index contributed by atoms with van der Waals surface area (Å²) in [6.45, 7) is 0. The minimum absolute atomic E-state index is 0.235. The molecule has 1 aliphatic carbocycles. The fourth-order valence-electron chi connectivity index (χ4n) is 3.02. The number of amides is 1. The highest BCUT2D eigenvalue weighted by Crippen LogP contribution is 2.49. The maximum Gasteiger partial charge on any atom is 0.236 e. The minimum Gasteiger partial charge on any atom is -0.308 e. The van der Waals surface area contributed by atoms with Crippen LogP contribution in [0.15, 0.2) is 54.9 Å². The molecule has 0 aliphatic heterocycles. The summed E-state index contributed by atoms with van der Waals surface area (Å²) >= 11 is 0. The SMILES string of the molecule is N#Cc1ncccc1-n1ccc(NC(=O)C2(c3ccccc3F)CC2)n1. The molecule has 0 spiro atoms. The number of nitrogens with one attached hydrogen (secondary N) is 1. The molecule has 1 N–H and O–H groups in total.